The fourth-order valence-corrected chi connectivity index (χ4v) is 2.06. The summed E-state index contributed by atoms with van der Waals surface area (Å²) < 4.78 is 34.2. The maximum absolute atomic E-state index is 12.8. The van der Waals surface area contributed by atoms with Crippen molar-refractivity contribution in [1.82, 2.24) is 5.32 Å². The first-order chi connectivity index (χ1) is 9.43. The van der Waals surface area contributed by atoms with Gasteiger partial charge in [0.1, 0.15) is 0 Å². The molecule has 1 saturated heterocycles. The van der Waals surface area contributed by atoms with Crippen molar-refractivity contribution in [3.05, 3.63) is 18.2 Å². The first-order valence-electron chi connectivity index (χ1n) is 5.90. The minimum absolute atomic E-state index is 0.0919. The van der Waals surface area contributed by atoms with Crippen molar-refractivity contribution in [1.29, 1.82) is 0 Å². The number of hydrogen-bond donors (Lipinski definition) is 2. The highest BCUT2D eigenvalue weighted by Crippen LogP contribution is 2.42. The molecule has 6 nitrogen and oxygen atoms in total. The Balaban J connectivity index is 1.70. The van der Waals surface area contributed by atoms with Crippen LogP contribution in [0.3, 0.4) is 0 Å². The van der Waals surface area contributed by atoms with E-state index in [-0.39, 0.29) is 36.3 Å². The van der Waals surface area contributed by atoms with Crippen LogP contribution in [0, 0.1) is 5.92 Å². The summed E-state index contributed by atoms with van der Waals surface area (Å²) in [7, 11) is 0. The van der Waals surface area contributed by atoms with E-state index in [4.69, 9.17) is 0 Å². The van der Waals surface area contributed by atoms with Crippen LogP contribution in [0.5, 0.6) is 11.5 Å². The second kappa shape index (κ2) is 4.32. The Labute approximate surface area is 112 Å². The second-order valence-electron chi connectivity index (χ2n) is 4.52. The highest BCUT2D eigenvalue weighted by Gasteiger charge is 2.43. The monoisotopic (exact) mass is 284 g/mol. The number of carbonyl (C=O) groups is 2. The Bertz CT molecular complexity index is 591. The third-order valence-corrected chi connectivity index (χ3v) is 3.02. The van der Waals surface area contributed by atoms with E-state index >= 15 is 0 Å². The standard InChI is InChI=1S/C12H10F2N2O4/c13-12(14)19-8-2-1-7(4-9(8)20-12)16-11(18)6-3-10(17)15-5-6/h1-2,4,6H,3,5H2,(H,15,17)(H,16,18). The molecule has 0 saturated carbocycles. The lowest BCUT2D eigenvalue weighted by Crippen LogP contribution is -2.26. The van der Waals surface area contributed by atoms with Gasteiger partial charge in [-0.2, -0.15) is 0 Å². The number of benzene rings is 1. The summed E-state index contributed by atoms with van der Waals surface area (Å²) in [4.78, 5) is 22.9. The first kappa shape index (κ1) is 12.6. The number of rotatable bonds is 2. The molecule has 2 aliphatic rings. The van der Waals surface area contributed by atoms with Gasteiger partial charge < -0.3 is 20.1 Å². The second-order valence-corrected chi connectivity index (χ2v) is 4.52. The Morgan fingerprint density at radius 3 is 2.80 bits per heavy atom. The van der Waals surface area contributed by atoms with Crippen molar-refractivity contribution in [2.75, 3.05) is 11.9 Å². The molecule has 0 spiro atoms. The molecule has 1 atom stereocenters. The van der Waals surface area contributed by atoms with Gasteiger partial charge >= 0.3 is 6.29 Å². The summed E-state index contributed by atoms with van der Waals surface area (Å²) in [5, 5.41) is 5.09. The maximum atomic E-state index is 12.8. The normalized spacial score (nSPS) is 22.5. The molecule has 0 aromatic heterocycles. The Morgan fingerprint density at radius 2 is 2.10 bits per heavy atom. The molecule has 1 aromatic carbocycles. The Hall–Kier alpha value is -2.38. The van der Waals surface area contributed by atoms with Gasteiger partial charge in [0.15, 0.2) is 11.5 Å². The molecule has 106 valence electrons. The van der Waals surface area contributed by atoms with Gasteiger partial charge in [-0.15, -0.1) is 8.78 Å². The number of anilines is 1. The van der Waals surface area contributed by atoms with Crippen molar-refractivity contribution in [2.45, 2.75) is 12.7 Å². The summed E-state index contributed by atoms with van der Waals surface area (Å²) >= 11 is 0. The number of fused-ring (bicyclic) bond motifs is 1. The molecule has 2 heterocycles. The van der Waals surface area contributed by atoms with Gasteiger partial charge in [-0.3, -0.25) is 9.59 Å². The SMILES string of the molecule is O=C1CC(C(=O)Nc2ccc3c(c2)OC(F)(F)O3)CN1. The van der Waals surface area contributed by atoms with E-state index in [9.17, 15) is 18.4 Å². The van der Waals surface area contributed by atoms with Crippen LogP contribution in [-0.2, 0) is 9.59 Å². The number of amides is 2. The zero-order valence-electron chi connectivity index (χ0n) is 10.1. The van der Waals surface area contributed by atoms with Gasteiger partial charge in [-0.25, -0.2) is 0 Å². The van der Waals surface area contributed by atoms with E-state index in [2.05, 4.69) is 20.1 Å². The molecule has 0 aliphatic carbocycles. The van der Waals surface area contributed by atoms with Crippen molar-refractivity contribution < 1.29 is 27.8 Å². The zero-order valence-corrected chi connectivity index (χ0v) is 10.1. The summed E-state index contributed by atoms with van der Waals surface area (Å²) in [6, 6.07) is 3.95. The predicted molar refractivity (Wildman–Crippen MR) is 62.4 cm³/mol. The Kier molecular flexibility index (Phi) is 2.73. The van der Waals surface area contributed by atoms with Gasteiger partial charge in [0.2, 0.25) is 11.8 Å². The fourth-order valence-electron chi connectivity index (χ4n) is 2.06. The lowest BCUT2D eigenvalue weighted by Gasteiger charge is -2.09. The largest absolute Gasteiger partial charge is 0.586 e. The minimum atomic E-state index is -3.69. The molecule has 2 aliphatic heterocycles. The van der Waals surface area contributed by atoms with Crippen LogP contribution < -0.4 is 20.1 Å². The van der Waals surface area contributed by atoms with E-state index in [1.807, 2.05) is 0 Å². The van der Waals surface area contributed by atoms with Crippen molar-refractivity contribution in [3.63, 3.8) is 0 Å². The van der Waals surface area contributed by atoms with E-state index in [0.717, 1.165) is 0 Å². The van der Waals surface area contributed by atoms with Crippen molar-refractivity contribution >= 4 is 17.5 Å². The summed E-state index contributed by atoms with van der Waals surface area (Å²) in [6.07, 6.45) is -3.57. The van der Waals surface area contributed by atoms with E-state index < -0.39 is 12.2 Å². The summed E-state index contributed by atoms with van der Waals surface area (Å²) in [5.74, 6) is -1.24. The van der Waals surface area contributed by atoms with E-state index in [0.29, 0.717) is 5.69 Å². The van der Waals surface area contributed by atoms with Crippen LogP contribution in [0.15, 0.2) is 18.2 Å². The van der Waals surface area contributed by atoms with Crippen LogP contribution >= 0.6 is 0 Å². The molecule has 0 radical (unpaired) electrons. The van der Waals surface area contributed by atoms with Crippen LogP contribution in [0.2, 0.25) is 0 Å². The van der Waals surface area contributed by atoms with E-state index in [1.165, 1.54) is 18.2 Å². The van der Waals surface area contributed by atoms with E-state index in [1.54, 1.807) is 0 Å². The smallest absolute Gasteiger partial charge is 0.395 e. The molecular weight excluding hydrogens is 274 g/mol. The number of ether oxygens (including phenoxy) is 2. The topological polar surface area (TPSA) is 76.7 Å². The highest BCUT2D eigenvalue weighted by molar-refractivity contribution is 5.97. The molecule has 20 heavy (non-hydrogen) atoms. The highest BCUT2D eigenvalue weighted by atomic mass is 19.3. The first-order valence-corrected chi connectivity index (χ1v) is 5.90. The van der Waals surface area contributed by atoms with Crippen molar-refractivity contribution in [2.24, 2.45) is 5.92 Å². The molecular formula is C12H10F2N2O4. The van der Waals surface area contributed by atoms with Crippen LogP contribution in [0.4, 0.5) is 14.5 Å². The molecule has 0 bridgehead atoms. The number of nitrogens with one attached hydrogen (secondary N) is 2. The van der Waals surface area contributed by atoms with Gasteiger partial charge in [0.25, 0.3) is 0 Å². The molecule has 1 aromatic rings. The lowest BCUT2D eigenvalue weighted by atomic mass is 10.1. The maximum Gasteiger partial charge on any atom is 0.586 e. The summed E-state index contributed by atoms with van der Waals surface area (Å²) in [6.45, 7) is 0.271. The van der Waals surface area contributed by atoms with Crippen molar-refractivity contribution in [3.8, 4) is 11.5 Å². The molecule has 1 fully saturated rings. The third kappa shape index (κ3) is 2.36. The quantitative estimate of drug-likeness (QED) is 0.852. The fraction of sp³-hybridized carbons (Fsp3) is 0.333. The summed E-state index contributed by atoms with van der Waals surface area (Å²) in [5.41, 5.74) is 0.300. The molecule has 2 amide bonds. The number of alkyl halides is 2. The van der Waals surface area contributed by atoms with Gasteiger partial charge in [0.05, 0.1) is 5.92 Å². The predicted octanol–water partition coefficient (Wildman–Crippen LogP) is 1.08. The number of hydrogen-bond acceptors (Lipinski definition) is 4. The number of halogens is 2. The average Bonchev–Trinajstić information content (AvgIpc) is 2.90. The lowest BCUT2D eigenvalue weighted by molar-refractivity contribution is -0.286. The molecule has 8 heteroatoms. The minimum Gasteiger partial charge on any atom is -0.395 e. The molecule has 3 rings (SSSR count). The number of carbonyl (C=O) groups excluding carboxylic acids is 2. The zero-order chi connectivity index (χ0) is 14.3. The van der Waals surface area contributed by atoms with Crippen LogP contribution in [0.25, 0.3) is 0 Å². The van der Waals surface area contributed by atoms with Gasteiger partial charge in [-0.05, 0) is 12.1 Å². The van der Waals surface area contributed by atoms with Gasteiger partial charge in [0, 0.05) is 24.7 Å². The molecule has 1 unspecified atom stereocenters. The average molecular weight is 284 g/mol. The Morgan fingerprint density at radius 1 is 1.35 bits per heavy atom. The molecule has 2 N–H and O–H groups in total. The van der Waals surface area contributed by atoms with Crippen LogP contribution in [0.1, 0.15) is 6.42 Å². The van der Waals surface area contributed by atoms with Crippen LogP contribution in [-0.4, -0.2) is 24.7 Å². The third-order valence-electron chi connectivity index (χ3n) is 3.02. The van der Waals surface area contributed by atoms with Gasteiger partial charge in [-0.1, -0.05) is 0 Å².